The Hall–Kier alpha value is -1.10. The molecule has 2 fully saturated rings. The molecule has 1 aliphatic carbocycles. The Morgan fingerprint density at radius 3 is 2.65 bits per heavy atom. The first-order chi connectivity index (χ1) is 8.13. The molecule has 0 amide bonds. The Morgan fingerprint density at radius 2 is 2.00 bits per heavy atom. The third-order valence-corrected chi connectivity index (χ3v) is 4.07. The summed E-state index contributed by atoms with van der Waals surface area (Å²) < 4.78 is 4.77. The predicted octanol–water partition coefficient (Wildman–Crippen LogP) is 0.781. The number of carbonyl (C=O) groups is 2. The quantitative estimate of drug-likeness (QED) is 0.699. The minimum atomic E-state index is -0.872. The normalized spacial score (nSPS) is 37.0. The molecule has 2 aliphatic rings. The third kappa shape index (κ3) is 2.44. The van der Waals surface area contributed by atoms with Crippen molar-refractivity contribution in [3.8, 4) is 0 Å². The summed E-state index contributed by atoms with van der Waals surface area (Å²) in [7, 11) is 1.35. The molecule has 4 atom stereocenters. The summed E-state index contributed by atoms with van der Waals surface area (Å²) in [4.78, 5) is 22.8. The van der Waals surface area contributed by atoms with Gasteiger partial charge in [0.1, 0.15) is 12.1 Å². The van der Waals surface area contributed by atoms with E-state index in [1.807, 2.05) is 0 Å². The number of hydrogen-bond acceptors (Lipinski definition) is 4. The topological polar surface area (TPSA) is 75.6 Å². The second-order valence-electron chi connectivity index (χ2n) is 5.00. The van der Waals surface area contributed by atoms with Crippen molar-refractivity contribution in [1.29, 1.82) is 0 Å². The first-order valence-electron chi connectivity index (χ1n) is 6.20. The molecule has 1 heterocycles. The number of rotatable bonds is 2. The van der Waals surface area contributed by atoms with Crippen LogP contribution >= 0.6 is 0 Å². The summed E-state index contributed by atoms with van der Waals surface area (Å²) in [6.45, 7) is 0. The number of esters is 1. The van der Waals surface area contributed by atoms with Crippen LogP contribution < -0.4 is 5.32 Å². The SMILES string of the molecule is COC(=O)C1NC(C(=O)O)CC2CCCCC21. The van der Waals surface area contributed by atoms with Crippen molar-refractivity contribution in [2.75, 3.05) is 7.11 Å². The number of hydrogen-bond donors (Lipinski definition) is 2. The fourth-order valence-corrected chi connectivity index (χ4v) is 3.22. The van der Waals surface area contributed by atoms with Crippen molar-refractivity contribution in [2.45, 2.75) is 44.2 Å². The van der Waals surface area contributed by atoms with Gasteiger partial charge in [-0.3, -0.25) is 14.9 Å². The minimum Gasteiger partial charge on any atom is -0.480 e. The zero-order valence-electron chi connectivity index (χ0n) is 10.0. The van der Waals surface area contributed by atoms with Gasteiger partial charge in [0.25, 0.3) is 0 Å². The highest BCUT2D eigenvalue weighted by molar-refractivity contribution is 5.79. The smallest absolute Gasteiger partial charge is 0.323 e. The zero-order valence-corrected chi connectivity index (χ0v) is 10.0. The molecule has 5 heteroatoms. The molecule has 0 spiro atoms. The van der Waals surface area contributed by atoms with Gasteiger partial charge in [-0.05, 0) is 24.7 Å². The van der Waals surface area contributed by atoms with E-state index in [1.165, 1.54) is 7.11 Å². The van der Waals surface area contributed by atoms with Crippen molar-refractivity contribution in [3.05, 3.63) is 0 Å². The number of ether oxygens (including phenoxy) is 1. The van der Waals surface area contributed by atoms with Gasteiger partial charge in [0, 0.05) is 0 Å². The monoisotopic (exact) mass is 241 g/mol. The van der Waals surface area contributed by atoms with E-state index in [0.717, 1.165) is 25.7 Å². The second-order valence-corrected chi connectivity index (χ2v) is 5.00. The molecule has 4 unspecified atom stereocenters. The summed E-state index contributed by atoms with van der Waals surface area (Å²) in [6, 6.07) is -1.06. The number of carbonyl (C=O) groups excluding carboxylic acids is 1. The molecule has 5 nitrogen and oxygen atoms in total. The molecule has 0 radical (unpaired) electrons. The van der Waals surface area contributed by atoms with Gasteiger partial charge in [-0.15, -0.1) is 0 Å². The van der Waals surface area contributed by atoms with Gasteiger partial charge in [0.15, 0.2) is 0 Å². The van der Waals surface area contributed by atoms with Gasteiger partial charge in [-0.25, -0.2) is 0 Å². The summed E-state index contributed by atoms with van der Waals surface area (Å²) in [5.41, 5.74) is 0. The predicted molar refractivity (Wildman–Crippen MR) is 60.4 cm³/mol. The lowest BCUT2D eigenvalue weighted by Gasteiger charge is -2.42. The van der Waals surface area contributed by atoms with E-state index < -0.39 is 18.1 Å². The van der Waals surface area contributed by atoms with Gasteiger partial charge < -0.3 is 9.84 Å². The summed E-state index contributed by atoms with van der Waals surface area (Å²) in [6.07, 6.45) is 4.91. The second kappa shape index (κ2) is 5.04. The van der Waals surface area contributed by atoms with E-state index in [-0.39, 0.29) is 11.9 Å². The largest absolute Gasteiger partial charge is 0.480 e. The van der Waals surface area contributed by atoms with E-state index >= 15 is 0 Å². The van der Waals surface area contributed by atoms with Crippen LogP contribution in [0.4, 0.5) is 0 Å². The molecular formula is C12H19NO4. The number of fused-ring (bicyclic) bond motifs is 1. The van der Waals surface area contributed by atoms with Crippen LogP contribution in [0.2, 0.25) is 0 Å². The van der Waals surface area contributed by atoms with Crippen LogP contribution in [0.25, 0.3) is 0 Å². The van der Waals surface area contributed by atoms with E-state index in [4.69, 9.17) is 9.84 Å². The molecule has 0 aromatic rings. The van der Waals surface area contributed by atoms with Crippen LogP contribution in [-0.4, -0.2) is 36.2 Å². The Morgan fingerprint density at radius 1 is 1.29 bits per heavy atom. The fraction of sp³-hybridized carbons (Fsp3) is 0.833. The van der Waals surface area contributed by atoms with Gasteiger partial charge in [-0.2, -0.15) is 0 Å². The van der Waals surface area contributed by atoms with Crippen molar-refractivity contribution < 1.29 is 19.4 Å². The lowest BCUT2D eigenvalue weighted by atomic mass is 9.70. The molecule has 1 aliphatic heterocycles. The third-order valence-electron chi connectivity index (χ3n) is 4.07. The maximum Gasteiger partial charge on any atom is 0.323 e. The van der Waals surface area contributed by atoms with Crippen LogP contribution in [-0.2, 0) is 14.3 Å². The van der Waals surface area contributed by atoms with E-state index in [0.29, 0.717) is 12.3 Å². The van der Waals surface area contributed by atoms with E-state index in [9.17, 15) is 9.59 Å². The van der Waals surface area contributed by atoms with Crippen molar-refractivity contribution >= 4 is 11.9 Å². The molecule has 2 N–H and O–H groups in total. The molecule has 2 rings (SSSR count). The van der Waals surface area contributed by atoms with Crippen LogP contribution in [0.5, 0.6) is 0 Å². The Balaban J connectivity index is 2.15. The first-order valence-corrected chi connectivity index (χ1v) is 6.20. The average Bonchev–Trinajstić information content (AvgIpc) is 2.36. The van der Waals surface area contributed by atoms with Crippen molar-refractivity contribution in [3.63, 3.8) is 0 Å². The highest BCUT2D eigenvalue weighted by atomic mass is 16.5. The summed E-state index contributed by atoms with van der Waals surface area (Å²) in [5.74, 6) is -0.613. The number of carboxylic acid groups (broad SMARTS) is 1. The molecule has 0 aromatic heterocycles. The molecule has 0 aromatic carbocycles. The number of aliphatic carboxylic acids is 1. The van der Waals surface area contributed by atoms with Crippen molar-refractivity contribution in [2.24, 2.45) is 11.8 Å². The minimum absolute atomic E-state index is 0.242. The highest BCUT2D eigenvalue weighted by Crippen LogP contribution is 2.38. The van der Waals surface area contributed by atoms with E-state index in [1.54, 1.807) is 0 Å². The highest BCUT2D eigenvalue weighted by Gasteiger charge is 2.44. The molecular weight excluding hydrogens is 222 g/mol. The Bertz CT molecular complexity index is 318. The lowest BCUT2D eigenvalue weighted by Crippen LogP contribution is -2.58. The number of carboxylic acids is 1. The maximum atomic E-state index is 11.7. The van der Waals surface area contributed by atoms with E-state index in [2.05, 4.69) is 5.32 Å². The summed E-state index contributed by atoms with van der Waals surface area (Å²) in [5, 5.41) is 12.0. The maximum absolute atomic E-state index is 11.7. The van der Waals surface area contributed by atoms with Crippen LogP contribution in [0.1, 0.15) is 32.1 Å². The summed E-state index contributed by atoms with van der Waals surface area (Å²) >= 11 is 0. The van der Waals surface area contributed by atoms with Crippen LogP contribution in [0.3, 0.4) is 0 Å². The molecule has 1 saturated heterocycles. The van der Waals surface area contributed by atoms with Gasteiger partial charge in [0.2, 0.25) is 0 Å². The number of methoxy groups -OCH3 is 1. The van der Waals surface area contributed by atoms with Crippen LogP contribution in [0, 0.1) is 11.8 Å². The number of nitrogens with one attached hydrogen (secondary N) is 1. The van der Waals surface area contributed by atoms with Gasteiger partial charge >= 0.3 is 11.9 Å². The molecule has 96 valence electrons. The average molecular weight is 241 g/mol. The lowest BCUT2D eigenvalue weighted by molar-refractivity contribution is -0.150. The van der Waals surface area contributed by atoms with Gasteiger partial charge in [-0.1, -0.05) is 19.3 Å². The fourth-order valence-electron chi connectivity index (χ4n) is 3.22. The molecule has 17 heavy (non-hydrogen) atoms. The Labute approximate surface area is 101 Å². The Kier molecular flexibility index (Phi) is 3.66. The molecule has 1 saturated carbocycles. The van der Waals surface area contributed by atoms with Crippen molar-refractivity contribution in [1.82, 2.24) is 5.32 Å². The standard InChI is InChI=1S/C12H19NO4/c1-17-12(16)10-8-5-3-2-4-7(8)6-9(13-10)11(14)15/h7-10,13H,2-6H2,1H3,(H,14,15). The number of piperidine rings is 1. The molecule has 0 bridgehead atoms. The van der Waals surface area contributed by atoms with Gasteiger partial charge in [0.05, 0.1) is 7.11 Å². The first kappa shape index (κ1) is 12.4. The van der Waals surface area contributed by atoms with Crippen LogP contribution in [0.15, 0.2) is 0 Å². The zero-order chi connectivity index (χ0) is 12.4.